The van der Waals surface area contributed by atoms with Crippen LogP contribution in [0.1, 0.15) is 19.4 Å². The van der Waals surface area contributed by atoms with Crippen LogP contribution in [0.15, 0.2) is 48.5 Å². The molecule has 2 amide bonds. The maximum Gasteiger partial charge on any atom is 0.249 e. The molecule has 0 spiro atoms. The molecule has 9 heteroatoms. The summed E-state index contributed by atoms with van der Waals surface area (Å²) in [6, 6.07) is 14.0. The second kappa shape index (κ2) is 10.7. The van der Waals surface area contributed by atoms with E-state index in [4.69, 9.17) is 9.47 Å². The fourth-order valence-electron chi connectivity index (χ4n) is 3.02. The average Bonchev–Trinajstić information content (AvgIpc) is 3.26. The van der Waals surface area contributed by atoms with Crippen LogP contribution in [0.25, 0.3) is 10.6 Å². The molecule has 3 aromatic rings. The number of nitrogens with one attached hydrogen (secondary N) is 2. The van der Waals surface area contributed by atoms with Crippen LogP contribution in [0, 0.1) is 5.92 Å². The highest BCUT2D eigenvalue weighted by atomic mass is 32.1. The van der Waals surface area contributed by atoms with Gasteiger partial charge in [-0.15, -0.1) is 10.2 Å². The first-order valence-corrected chi connectivity index (χ1v) is 10.9. The highest BCUT2D eigenvalue weighted by Crippen LogP contribution is 2.29. The Kier molecular flexibility index (Phi) is 7.77. The van der Waals surface area contributed by atoms with Crippen LogP contribution < -0.4 is 20.1 Å². The Morgan fingerprint density at radius 1 is 1.00 bits per heavy atom. The molecule has 3 rings (SSSR count). The Morgan fingerprint density at radius 3 is 2.38 bits per heavy atom. The Labute approximate surface area is 191 Å². The minimum atomic E-state index is -0.704. The van der Waals surface area contributed by atoms with Crippen LogP contribution >= 0.6 is 11.3 Å². The lowest BCUT2D eigenvalue weighted by Crippen LogP contribution is -2.47. The fraction of sp³-hybridized carbons (Fsp3) is 0.304. The van der Waals surface area contributed by atoms with Crippen molar-refractivity contribution in [1.29, 1.82) is 0 Å². The molecule has 1 atom stereocenters. The molecule has 0 aliphatic heterocycles. The van der Waals surface area contributed by atoms with Gasteiger partial charge in [0.15, 0.2) is 0 Å². The van der Waals surface area contributed by atoms with E-state index in [1.807, 2.05) is 50.2 Å². The SMILES string of the molecule is COc1ccc(CC(=O)NC(C(=O)Nc2nnc(-c3cccc(OC)c3)s2)C(C)C)cc1. The summed E-state index contributed by atoms with van der Waals surface area (Å²) in [5.74, 6) is 0.747. The summed E-state index contributed by atoms with van der Waals surface area (Å²) in [4.78, 5) is 25.4. The smallest absolute Gasteiger partial charge is 0.249 e. The van der Waals surface area contributed by atoms with E-state index in [2.05, 4.69) is 20.8 Å². The third-order valence-corrected chi connectivity index (χ3v) is 5.65. The Morgan fingerprint density at radius 2 is 1.72 bits per heavy atom. The minimum Gasteiger partial charge on any atom is -0.497 e. The van der Waals surface area contributed by atoms with Crippen LogP contribution in [0.3, 0.4) is 0 Å². The molecule has 168 valence electrons. The number of amides is 2. The van der Waals surface area contributed by atoms with E-state index in [-0.39, 0.29) is 24.2 Å². The Balaban J connectivity index is 1.63. The average molecular weight is 455 g/mol. The highest BCUT2D eigenvalue weighted by molar-refractivity contribution is 7.18. The summed E-state index contributed by atoms with van der Waals surface area (Å²) in [6.45, 7) is 3.75. The molecular formula is C23H26N4O4S. The van der Waals surface area contributed by atoms with E-state index in [1.165, 1.54) is 11.3 Å². The first-order chi connectivity index (χ1) is 15.4. The zero-order chi connectivity index (χ0) is 23.1. The van der Waals surface area contributed by atoms with Gasteiger partial charge in [-0.25, -0.2) is 0 Å². The predicted molar refractivity (Wildman–Crippen MR) is 124 cm³/mol. The summed E-state index contributed by atoms with van der Waals surface area (Å²) >= 11 is 1.25. The molecular weight excluding hydrogens is 428 g/mol. The molecule has 0 radical (unpaired) electrons. The standard InChI is InChI=1S/C23H26N4O4S/c1-14(2)20(24-19(28)12-15-8-10-17(30-3)11-9-15)21(29)25-23-27-26-22(32-23)16-6-5-7-18(13-16)31-4/h5-11,13-14,20H,12H2,1-4H3,(H,24,28)(H,25,27,29). The van der Waals surface area contributed by atoms with Crippen molar-refractivity contribution in [3.63, 3.8) is 0 Å². The van der Waals surface area contributed by atoms with Gasteiger partial charge in [-0.3, -0.25) is 14.9 Å². The van der Waals surface area contributed by atoms with Gasteiger partial charge >= 0.3 is 0 Å². The van der Waals surface area contributed by atoms with E-state index < -0.39 is 6.04 Å². The van der Waals surface area contributed by atoms with Gasteiger partial charge in [-0.05, 0) is 35.7 Å². The maximum absolute atomic E-state index is 12.8. The van der Waals surface area contributed by atoms with Crippen molar-refractivity contribution < 1.29 is 19.1 Å². The minimum absolute atomic E-state index is 0.111. The van der Waals surface area contributed by atoms with Crippen LogP contribution in [0.5, 0.6) is 11.5 Å². The van der Waals surface area contributed by atoms with Crippen molar-refractivity contribution in [2.24, 2.45) is 5.92 Å². The second-order valence-corrected chi connectivity index (χ2v) is 8.43. The number of hydrogen-bond donors (Lipinski definition) is 2. The van der Waals surface area contributed by atoms with Crippen molar-refractivity contribution >= 4 is 28.3 Å². The first-order valence-electron chi connectivity index (χ1n) is 10.1. The molecule has 2 N–H and O–H groups in total. The molecule has 0 aliphatic carbocycles. The molecule has 2 aromatic carbocycles. The molecule has 32 heavy (non-hydrogen) atoms. The first kappa shape index (κ1) is 23.2. The number of aromatic nitrogens is 2. The largest absolute Gasteiger partial charge is 0.497 e. The van der Waals surface area contributed by atoms with Crippen LogP contribution in [-0.2, 0) is 16.0 Å². The summed E-state index contributed by atoms with van der Waals surface area (Å²) < 4.78 is 10.4. The van der Waals surface area contributed by atoms with Crippen molar-refractivity contribution in [1.82, 2.24) is 15.5 Å². The van der Waals surface area contributed by atoms with Crippen molar-refractivity contribution in [3.05, 3.63) is 54.1 Å². The summed E-state index contributed by atoms with van der Waals surface area (Å²) in [6.07, 6.45) is 0.166. The van der Waals surface area contributed by atoms with E-state index in [9.17, 15) is 9.59 Å². The summed E-state index contributed by atoms with van der Waals surface area (Å²) in [5.41, 5.74) is 1.67. The monoisotopic (exact) mass is 454 g/mol. The van der Waals surface area contributed by atoms with Gasteiger partial charge in [-0.2, -0.15) is 0 Å². The second-order valence-electron chi connectivity index (χ2n) is 7.45. The molecule has 0 saturated carbocycles. The van der Waals surface area contributed by atoms with Gasteiger partial charge in [-0.1, -0.05) is 49.4 Å². The van der Waals surface area contributed by atoms with Gasteiger partial charge < -0.3 is 14.8 Å². The quantitative estimate of drug-likeness (QED) is 0.513. The van der Waals surface area contributed by atoms with Crippen molar-refractivity contribution in [2.45, 2.75) is 26.3 Å². The van der Waals surface area contributed by atoms with Crippen LogP contribution in [0.2, 0.25) is 0 Å². The molecule has 0 aliphatic rings. The number of methoxy groups -OCH3 is 2. The number of carbonyl (C=O) groups is 2. The van der Waals surface area contributed by atoms with Gasteiger partial charge in [0.2, 0.25) is 16.9 Å². The van der Waals surface area contributed by atoms with Gasteiger partial charge in [0.05, 0.1) is 20.6 Å². The van der Waals surface area contributed by atoms with E-state index in [1.54, 1.807) is 26.4 Å². The number of hydrogen-bond acceptors (Lipinski definition) is 7. The lowest BCUT2D eigenvalue weighted by molar-refractivity contribution is -0.127. The Bertz CT molecular complexity index is 1070. The normalized spacial score (nSPS) is 11.7. The summed E-state index contributed by atoms with van der Waals surface area (Å²) in [7, 11) is 3.19. The third kappa shape index (κ3) is 6.04. The van der Waals surface area contributed by atoms with Crippen LogP contribution in [0.4, 0.5) is 5.13 Å². The molecule has 1 heterocycles. The lowest BCUT2D eigenvalue weighted by atomic mass is 10.0. The molecule has 0 fully saturated rings. The van der Waals surface area contributed by atoms with Crippen molar-refractivity contribution in [3.8, 4) is 22.1 Å². The highest BCUT2D eigenvalue weighted by Gasteiger charge is 2.25. The van der Waals surface area contributed by atoms with Crippen molar-refractivity contribution in [2.75, 3.05) is 19.5 Å². The maximum atomic E-state index is 12.8. The lowest BCUT2D eigenvalue weighted by Gasteiger charge is -2.21. The van der Waals surface area contributed by atoms with E-state index in [0.717, 1.165) is 16.9 Å². The van der Waals surface area contributed by atoms with E-state index in [0.29, 0.717) is 15.9 Å². The number of benzene rings is 2. The number of ether oxygens (including phenoxy) is 2. The number of anilines is 1. The number of carbonyl (C=O) groups excluding carboxylic acids is 2. The molecule has 0 saturated heterocycles. The van der Waals surface area contributed by atoms with E-state index >= 15 is 0 Å². The van der Waals surface area contributed by atoms with Gasteiger partial charge in [0.1, 0.15) is 22.5 Å². The fourth-order valence-corrected chi connectivity index (χ4v) is 3.76. The van der Waals surface area contributed by atoms with Gasteiger partial charge in [0, 0.05) is 5.56 Å². The molecule has 1 unspecified atom stereocenters. The van der Waals surface area contributed by atoms with Gasteiger partial charge in [0.25, 0.3) is 0 Å². The number of rotatable bonds is 9. The topological polar surface area (TPSA) is 102 Å². The molecule has 0 bridgehead atoms. The zero-order valence-corrected chi connectivity index (χ0v) is 19.2. The predicted octanol–water partition coefficient (Wildman–Crippen LogP) is 3.54. The molecule has 8 nitrogen and oxygen atoms in total. The summed E-state index contributed by atoms with van der Waals surface area (Å²) in [5, 5.41) is 14.8. The Hall–Kier alpha value is -3.46. The third-order valence-electron chi connectivity index (χ3n) is 4.76. The zero-order valence-electron chi connectivity index (χ0n) is 18.4. The van der Waals surface area contributed by atoms with Crippen LogP contribution in [-0.4, -0.2) is 42.3 Å². The molecule has 1 aromatic heterocycles. The number of nitrogens with zero attached hydrogens (tertiary/aromatic N) is 2.